The van der Waals surface area contributed by atoms with Gasteiger partial charge in [0.05, 0.1) is 5.56 Å². The number of hydrogen-bond acceptors (Lipinski definition) is 3. The Balaban J connectivity index is 1.43. The Labute approximate surface area is 188 Å². The monoisotopic (exact) mass is 473 g/mol. The molecule has 0 aliphatic carbocycles. The molecule has 0 radical (unpaired) electrons. The fourth-order valence-electron chi connectivity index (χ4n) is 3.90. The van der Waals surface area contributed by atoms with Gasteiger partial charge in [0.15, 0.2) is 5.76 Å². The fraction of sp³-hybridized carbons (Fsp3) is 0.115. The van der Waals surface area contributed by atoms with Crippen LogP contribution in [0.4, 0.5) is 0 Å². The van der Waals surface area contributed by atoms with E-state index >= 15 is 0 Å². The van der Waals surface area contributed by atoms with E-state index in [2.05, 4.69) is 22.0 Å². The average molecular weight is 474 g/mol. The Bertz CT molecular complexity index is 1350. The Kier molecular flexibility index (Phi) is 4.91. The maximum atomic E-state index is 13.0. The number of carbonyl (C=O) groups excluding carboxylic acids is 1. The van der Waals surface area contributed by atoms with Crippen molar-refractivity contribution in [1.82, 2.24) is 4.57 Å². The van der Waals surface area contributed by atoms with E-state index in [9.17, 15) is 4.79 Å². The molecule has 0 atom stereocenters. The molecule has 0 bridgehead atoms. The Morgan fingerprint density at radius 1 is 1.06 bits per heavy atom. The minimum Gasteiger partial charge on any atom is -0.488 e. The minimum atomic E-state index is -0.106. The molecule has 31 heavy (non-hydrogen) atoms. The SMILES string of the molecule is Cc1c(OCc2ccc(Br)cc2)ccc2c1O/C(=C\c1cn(C)c3ccccc13)C2=O. The summed E-state index contributed by atoms with van der Waals surface area (Å²) in [6.07, 6.45) is 3.84. The molecule has 0 spiro atoms. The predicted molar refractivity (Wildman–Crippen MR) is 126 cm³/mol. The number of allylic oxidation sites excluding steroid dienone is 1. The van der Waals surface area contributed by atoms with Gasteiger partial charge >= 0.3 is 0 Å². The lowest BCUT2D eigenvalue weighted by atomic mass is 10.1. The van der Waals surface area contributed by atoms with E-state index in [-0.39, 0.29) is 5.78 Å². The van der Waals surface area contributed by atoms with Crippen molar-refractivity contribution in [2.45, 2.75) is 13.5 Å². The van der Waals surface area contributed by atoms with Crippen LogP contribution in [-0.4, -0.2) is 10.4 Å². The van der Waals surface area contributed by atoms with Gasteiger partial charge in [-0.25, -0.2) is 0 Å². The molecule has 3 aromatic carbocycles. The zero-order chi connectivity index (χ0) is 21.5. The van der Waals surface area contributed by atoms with E-state index in [0.29, 0.717) is 29.4 Å². The summed E-state index contributed by atoms with van der Waals surface area (Å²) in [5.41, 5.74) is 4.52. The summed E-state index contributed by atoms with van der Waals surface area (Å²) < 4.78 is 15.1. The third-order valence-corrected chi connectivity index (χ3v) is 6.09. The first-order chi connectivity index (χ1) is 15.0. The second-order valence-corrected chi connectivity index (χ2v) is 8.55. The van der Waals surface area contributed by atoms with Crippen molar-refractivity contribution in [1.29, 1.82) is 0 Å². The molecule has 4 aromatic rings. The molecule has 2 heterocycles. The van der Waals surface area contributed by atoms with Gasteiger partial charge in [-0.3, -0.25) is 4.79 Å². The number of Topliss-reactive ketones (excluding diaryl/α,β-unsaturated/α-hetero) is 1. The number of ether oxygens (including phenoxy) is 2. The lowest BCUT2D eigenvalue weighted by Gasteiger charge is -2.11. The Hall–Kier alpha value is -3.31. The van der Waals surface area contributed by atoms with Crippen LogP contribution in [-0.2, 0) is 13.7 Å². The smallest absolute Gasteiger partial charge is 0.231 e. The number of rotatable bonds is 4. The third kappa shape index (κ3) is 3.55. The van der Waals surface area contributed by atoms with Crippen LogP contribution < -0.4 is 9.47 Å². The largest absolute Gasteiger partial charge is 0.488 e. The maximum absolute atomic E-state index is 13.0. The number of aryl methyl sites for hydroxylation is 1. The minimum absolute atomic E-state index is 0.106. The lowest BCUT2D eigenvalue weighted by Crippen LogP contribution is -1.98. The zero-order valence-electron chi connectivity index (χ0n) is 17.2. The van der Waals surface area contributed by atoms with Crippen molar-refractivity contribution < 1.29 is 14.3 Å². The second kappa shape index (κ2) is 7.75. The Morgan fingerprint density at radius 2 is 1.84 bits per heavy atom. The molecule has 0 saturated heterocycles. The number of carbonyl (C=O) groups is 1. The molecule has 5 rings (SSSR count). The molecule has 0 N–H and O–H groups in total. The third-order valence-electron chi connectivity index (χ3n) is 5.56. The molecule has 154 valence electrons. The molecule has 4 nitrogen and oxygen atoms in total. The van der Waals surface area contributed by atoms with Crippen molar-refractivity contribution in [2.75, 3.05) is 0 Å². The van der Waals surface area contributed by atoms with Gasteiger partial charge in [0.2, 0.25) is 5.78 Å². The standard InChI is InChI=1S/C26H20BrNO3/c1-16-23(30-15-17-7-9-19(27)10-8-17)12-11-21-25(29)24(31-26(16)21)13-18-14-28(2)22-6-4-3-5-20(18)22/h3-14H,15H2,1-2H3/b24-13-. The number of para-hydroxylation sites is 1. The average Bonchev–Trinajstić information content (AvgIpc) is 3.27. The number of nitrogens with zero attached hydrogens (tertiary/aromatic N) is 1. The van der Waals surface area contributed by atoms with Crippen molar-refractivity contribution >= 4 is 38.7 Å². The molecular formula is C26H20BrNO3. The van der Waals surface area contributed by atoms with Crippen molar-refractivity contribution in [3.63, 3.8) is 0 Å². The Morgan fingerprint density at radius 3 is 2.65 bits per heavy atom. The van der Waals surface area contributed by atoms with E-state index in [0.717, 1.165) is 32.1 Å². The summed E-state index contributed by atoms with van der Waals surface area (Å²) in [5, 5.41) is 1.08. The normalized spacial score (nSPS) is 14.2. The number of halogens is 1. The molecule has 0 fully saturated rings. The molecule has 1 aromatic heterocycles. The molecule has 0 unspecified atom stereocenters. The number of aromatic nitrogens is 1. The molecule has 1 aliphatic rings. The number of fused-ring (bicyclic) bond motifs is 2. The first kappa shape index (κ1) is 19.6. The van der Waals surface area contributed by atoms with Crippen LogP contribution >= 0.6 is 15.9 Å². The highest BCUT2D eigenvalue weighted by Gasteiger charge is 2.30. The molecule has 5 heteroatoms. The van der Waals surface area contributed by atoms with Gasteiger partial charge in [-0.15, -0.1) is 0 Å². The molecule has 0 amide bonds. The van der Waals surface area contributed by atoms with Crippen molar-refractivity contribution in [2.24, 2.45) is 7.05 Å². The predicted octanol–water partition coefficient (Wildman–Crippen LogP) is 6.44. The van der Waals surface area contributed by atoms with Gasteiger partial charge in [-0.1, -0.05) is 46.3 Å². The van der Waals surface area contributed by atoms with Gasteiger partial charge < -0.3 is 14.0 Å². The van der Waals surface area contributed by atoms with Gasteiger partial charge in [0.1, 0.15) is 18.1 Å². The van der Waals surface area contributed by atoms with Crippen LogP contribution in [0.5, 0.6) is 11.5 Å². The van der Waals surface area contributed by atoms with E-state index in [1.54, 1.807) is 6.07 Å². The summed E-state index contributed by atoms with van der Waals surface area (Å²) in [7, 11) is 2.00. The molecular weight excluding hydrogens is 454 g/mol. The maximum Gasteiger partial charge on any atom is 0.231 e. The van der Waals surface area contributed by atoms with Crippen LogP contribution in [0.25, 0.3) is 17.0 Å². The first-order valence-corrected chi connectivity index (χ1v) is 10.8. The highest BCUT2D eigenvalue weighted by Crippen LogP contribution is 2.40. The molecule has 0 saturated carbocycles. The van der Waals surface area contributed by atoms with Crippen LogP contribution in [0.3, 0.4) is 0 Å². The summed E-state index contributed by atoms with van der Waals surface area (Å²) in [5.74, 6) is 1.51. The summed E-state index contributed by atoms with van der Waals surface area (Å²) >= 11 is 3.44. The second-order valence-electron chi connectivity index (χ2n) is 7.63. The van der Waals surface area contributed by atoms with Crippen molar-refractivity contribution in [3.8, 4) is 11.5 Å². The highest BCUT2D eigenvalue weighted by atomic mass is 79.9. The van der Waals surface area contributed by atoms with E-state index in [4.69, 9.17) is 9.47 Å². The first-order valence-electron chi connectivity index (χ1n) is 10.0. The fourth-order valence-corrected chi connectivity index (χ4v) is 4.16. The topological polar surface area (TPSA) is 40.5 Å². The van der Waals surface area contributed by atoms with E-state index in [1.807, 2.05) is 79.3 Å². The van der Waals surface area contributed by atoms with Crippen LogP contribution in [0.1, 0.15) is 27.0 Å². The van der Waals surface area contributed by atoms with E-state index < -0.39 is 0 Å². The number of ketones is 1. The van der Waals surface area contributed by atoms with Crippen molar-refractivity contribution in [3.05, 3.63) is 99.3 Å². The number of benzene rings is 3. The summed E-state index contributed by atoms with van der Waals surface area (Å²) in [6, 6.07) is 19.7. The van der Waals surface area contributed by atoms with Crippen LogP contribution in [0.15, 0.2) is 77.1 Å². The summed E-state index contributed by atoms with van der Waals surface area (Å²) in [4.78, 5) is 13.0. The van der Waals surface area contributed by atoms with Gasteiger partial charge in [-0.05, 0) is 48.9 Å². The highest BCUT2D eigenvalue weighted by molar-refractivity contribution is 9.10. The zero-order valence-corrected chi connectivity index (χ0v) is 18.8. The van der Waals surface area contributed by atoms with Gasteiger partial charge in [-0.2, -0.15) is 0 Å². The van der Waals surface area contributed by atoms with Gasteiger partial charge in [0, 0.05) is 39.7 Å². The van der Waals surface area contributed by atoms with Gasteiger partial charge in [0.25, 0.3) is 0 Å². The summed E-state index contributed by atoms with van der Waals surface area (Å²) in [6.45, 7) is 2.36. The quantitative estimate of drug-likeness (QED) is 0.320. The lowest BCUT2D eigenvalue weighted by molar-refractivity contribution is 0.101. The van der Waals surface area contributed by atoms with Crippen LogP contribution in [0, 0.1) is 6.92 Å². The van der Waals surface area contributed by atoms with Crippen LogP contribution in [0.2, 0.25) is 0 Å². The van der Waals surface area contributed by atoms with E-state index in [1.165, 1.54) is 0 Å². The molecule has 1 aliphatic heterocycles. The number of hydrogen-bond donors (Lipinski definition) is 0.